The van der Waals surface area contributed by atoms with E-state index in [9.17, 15) is 8.78 Å². The van der Waals surface area contributed by atoms with Gasteiger partial charge in [-0.05, 0) is 52.3 Å². The summed E-state index contributed by atoms with van der Waals surface area (Å²) in [5.41, 5.74) is 0.720. The number of rotatable bonds is 7. The first-order valence-electron chi connectivity index (χ1n) is 8.02. The molecule has 2 N–H and O–H groups in total. The van der Waals surface area contributed by atoms with Gasteiger partial charge in [-0.2, -0.15) is 8.78 Å². The number of aliphatic imine (C=N–C) groups is 1. The van der Waals surface area contributed by atoms with Gasteiger partial charge in [0.1, 0.15) is 0 Å². The maximum atomic E-state index is 12.4. The molecule has 1 rings (SSSR count). The van der Waals surface area contributed by atoms with E-state index in [1.165, 1.54) is 6.07 Å². The van der Waals surface area contributed by atoms with Crippen LogP contribution in [-0.4, -0.2) is 31.3 Å². The Kier molecular flexibility index (Phi) is 7.74. The standard InChI is InChI=1S/C17H27F2N3O2/c1-6-20-16(22-17(3,4)5)21-11-12-8-9-13(24-15(18)19)14(10-12)23-7-2/h8-10,15H,6-7,11H2,1-5H3,(H2,20,21,22). The van der Waals surface area contributed by atoms with Crippen molar-refractivity contribution in [3.63, 3.8) is 0 Å². The molecule has 0 aliphatic heterocycles. The molecule has 24 heavy (non-hydrogen) atoms. The molecular weight excluding hydrogens is 316 g/mol. The zero-order valence-corrected chi connectivity index (χ0v) is 15.0. The number of nitrogens with one attached hydrogen (secondary N) is 2. The number of hydrogen-bond donors (Lipinski definition) is 2. The molecule has 0 aliphatic carbocycles. The lowest BCUT2D eigenvalue weighted by atomic mass is 10.1. The van der Waals surface area contributed by atoms with E-state index in [-0.39, 0.29) is 11.3 Å². The van der Waals surface area contributed by atoms with Crippen molar-refractivity contribution >= 4 is 5.96 Å². The zero-order valence-electron chi connectivity index (χ0n) is 15.0. The fraction of sp³-hybridized carbons (Fsp3) is 0.588. The van der Waals surface area contributed by atoms with Gasteiger partial charge in [0.05, 0.1) is 13.2 Å². The molecule has 5 nitrogen and oxygen atoms in total. The fourth-order valence-electron chi connectivity index (χ4n) is 1.95. The lowest BCUT2D eigenvalue weighted by molar-refractivity contribution is -0.0514. The summed E-state index contributed by atoms with van der Waals surface area (Å²) >= 11 is 0. The van der Waals surface area contributed by atoms with Crippen molar-refractivity contribution in [3.05, 3.63) is 23.8 Å². The average molecular weight is 343 g/mol. The van der Waals surface area contributed by atoms with E-state index in [1.54, 1.807) is 19.1 Å². The predicted octanol–water partition coefficient (Wildman–Crippen LogP) is 3.54. The lowest BCUT2D eigenvalue weighted by Gasteiger charge is -2.23. The van der Waals surface area contributed by atoms with E-state index in [4.69, 9.17) is 4.74 Å². The second-order valence-corrected chi connectivity index (χ2v) is 6.16. The molecule has 0 heterocycles. The van der Waals surface area contributed by atoms with Crippen LogP contribution in [-0.2, 0) is 6.54 Å². The van der Waals surface area contributed by atoms with Gasteiger partial charge >= 0.3 is 6.61 Å². The molecule has 0 amide bonds. The monoisotopic (exact) mass is 343 g/mol. The maximum Gasteiger partial charge on any atom is 0.387 e. The predicted molar refractivity (Wildman–Crippen MR) is 91.9 cm³/mol. The van der Waals surface area contributed by atoms with Crippen molar-refractivity contribution in [3.8, 4) is 11.5 Å². The van der Waals surface area contributed by atoms with Crippen LogP contribution in [0.15, 0.2) is 23.2 Å². The lowest BCUT2D eigenvalue weighted by Crippen LogP contribution is -2.47. The van der Waals surface area contributed by atoms with Crippen molar-refractivity contribution < 1.29 is 18.3 Å². The van der Waals surface area contributed by atoms with Gasteiger partial charge in [0, 0.05) is 12.1 Å². The molecule has 0 saturated carbocycles. The van der Waals surface area contributed by atoms with Crippen molar-refractivity contribution in [1.82, 2.24) is 10.6 Å². The highest BCUT2D eigenvalue weighted by atomic mass is 19.3. The van der Waals surface area contributed by atoms with Gasteiger partial charge in [-0.15, -0.1) is 0 Å². The van der Waals surface area contributed by atoms with Crippen LogP contribution in [0.4, 0.5) is 8.78 Å². The van der Waals surface area contributed by atoms with E-state index in [0.29, 0.717) is 24.9 Å². The molecule has 0 saturated heterocycles. The molecule has 0 bridgehead atoms. The third kappa shape index (κ3) is 7.48. The summed E-state index contributed by atoms with van der Waals surface area (Å²) in [6, 6.07) is 4.85. The summed E-state index contributed by atoms with van der Waals surface area (Å²) in [5.74, 6) is 1.01. The maximum absolute atomic E-state index is 12.4. The molecule has 1 aromatic carbocycles. The molecule has 0 spiro atoms. The average Bonchev–Trinajstić information content (AvgIpc) is 2.45. The van der Waals surface area contributed by atoms with Crippen molar-refractivity contribution in [2.45, 2.75) is 53.3 Å². The third-order valence-electron chi connectivity index (χ3n) is 2.78. The van der Waals surface area contributed by atoms with Gasteiger partial charge in [0.15, 0.2) is 17.5 Å². The largest absolute Gasteiger partial charge is 0.490 e. The molecule has 0 atom stereocenters. The summed E-state index contributed by atoms with van der Waals surface area (Å²) in [6.07, 6.45) is 0. The van der Waals surface area contributed by atoms with Crippen molar-refractivity contribution in [2.75, 3.05) is 13.2 Å². The number of ether oxygens (including phenoxy) is 2. The van der Waals surface area contributed by atoms with Gasteiger partial charge in [-0.1, -0.05) is 6.07 Å². The minimum atomic E-state index is -2.88. The van der Waals surface area contributed by atoms with Crippen LogP contribution in [0.1, 0.15) is 40.2 Å². The highest BCUT2D eigenvalue weighted by Gasteiger charge is 2.13. The smallest absolute Gasteiger partial charge is 0.387 e. The second kappa shape index (κ2) is 9.30. The first-order valence-corrected chi connectivity index (χ1v) is 8.02. The van der Waals surface area contributed by atoms with Crippen LogP contribution >= 0.6 is 0 Å². The summed E-state index contributed by atoms with van der Waals surface area (Å²) in [4.78, 5) is 4.51. The minimum Gasteiger partial charge on any atom is -0.490 e. The normalized spacial score (nSPS) is 12.2. The SMILES string of the molecule is CCNC(=NCc1ccc(OC(F)F)c(OCC)c1)NC(C)(C)C. The number of nitrogens with zero attached hydrogens (tertiary/aromatic N) is 1. The first-order chi connectivity index (χ1) is 11.2. The minimum absolute atomic E-state index is 0.0271. The van der Waals surface area contributed by atoms with E-state index >= 15 is 0 Å². The molecule has 1 aromatic rings. The molecule has 0 aliphatic rings. The Morgan fingerprint density at radius 1 is 1.21 bits per heavy atom. The molecular formula is C17H27F2N3O2. The number of hydrogen-bond acceptors (Lipinski definition) is 3. The van der Waals surface area contributed by atoms with E-state index < -0.39 is 6.61 Å². The van der Waals surface area contributed by atoms with Gasteiger partial charge in [-0.25, -0.2) is 4.99 Å². The van der Waals surface area contributed by atoms with Gasteiger partial charge < -0.3 is 20.1 Å². The van der Waals surface area contributed by atoms with E-state index in [0.717, 1.165) is 12.1 Å². The number of alkyl halides is 2. The van der Waals surface area contributed by atoms with Crippen LogP contribution < -0.4 is 20.1 Å². The highest BCUT2D eigenvalue weighted by Crippen LogP contribution is 2.30. The van der Waals surface area contributed by atoms with E-state index in [2.05, 4.69) is 20.4 Å². The van der Waals surface area contributed by atoms with Crippen LogP contribution in [0.2, 0.25) is 0 Å². The molecule has 0 fully saturated rings. The Morgan fingerprint density at radius 2 is 1.92 bits per heavy atom. The fourth-order valence-corrected chi connectivity index (χ4v) is 1.95. The Morgan fingerprint density at radius 3 is 2.46 bits per heavy atom. The highest BCUT2D eigenvalue weighted by molar-refractivity contribution is 5.80. The topological polar surface area (TPSA) is 54.9 Å². The zero-order chi connectivity index (χ0) is 18.2. The molecule has 0 radical (unpaired) electrons. The van der Waals surface area contributed by atoms with Crippen LogP contribution in [0, 0.1) is 0 Å². The van der Waals surface area contributed by atoms with Gasteiger partial charge in [0.25, 0.3) is 0 Å². The van der Waals surface area contributed by atoms with Crippen molar-refractivity contribution in [2.24, 2.45) is 4.99 Å². The Hall–Kier alpha value is -2.05. The summed E-state index contributed by atoms with van der Waals surface area (Å²) < 4.78 is 34.7. The summed E-state index contributed by atoms with van der Waals surface area (Å²) in [7, 11) is 0. The Bertz CT molecular complexity index is 543. The molecule has 136 valence electrons. The number of benzene rings is 1. The van der Waals surface area contributed by atoms with Crippen molar-refractivity contribution in [1.29, 1.82) is 0 Å². The van der Waals surface area contributed by atoms with Gasteiger partial charge in [-0.3, -0.25) is 0 Å². The quantitative estimate of drug-likeness (QED) is 0.587. The first kappa shape index (κ1) is 20.0. The summed E-state index contributed by atoms with van der Waals surface area (Å²) in [5, 5.41) is 6.46. The molecule has 0 unspecified atom stereocenters. The van der Waals surface area contributed by atoms with Crippen LogP contribution in [0.3, 0.4) is 0 Å². The second-order valence-electron chi connectivity index (χ2n) is 6.16. The third-order valence-corrected chi connectivity index (χ3v) is 2.78. The Labute approximate surface area is 142 Å². The van der Waals surface area contributed by atoms with Crippen LogP contribution in [0.25, 0.3) is 0 Å². The molecule has 0 aromatic heterocycles. The van der Waals surface area contributed by atoms with E-state index in [1.807, 2.05) is 27.7 Å². The van der Waals surface area contributed by atoms with Crippen LogP contribution in [0.5, 0.6) is 11.5 Å². The molecule has 7 heteroatoms. The van der Waals surface area contributed by atoms with Gasteiger partial charge in [0.2, 0.25) is 0 Å². The number of guanidine groups is 1. The summed E-state index contributed by atoms with van der Waals surface area (Å²) in [6.45, 7) is 8.52. The number of halogens is 2. The Balaban J connectivity index is 2.92.